The van der Waals surface area contributed by atoms with Gasteiger partial charge in [-0.05, 0) is 56.6 Å². The highest BCUT2D eigenvalue weighted by Gasteiger charge is 2.19. The van der Waals surface area contributed by atoms with Gasteiger partial charge in [0.15, 0.2) is 0 Å². The van der Waals surface area contributed by atoms with Gasteiger partial charge in [-0.3, -0.25) is 14.5 Å². The van der Waals surface area contributed by atoms with Gasteiger partial charge in [0.25, 0.3) is 5.91 Å². The maximum atomic E-state index is 13.4. The van der Waals surface area contributed by atoms with E-state index in [9.17, 15) is 9.59 Å². The van der Waals surface area contributed by atoms with E-state index in [1.165, 1.54) is 0 Å². The lowest BCUT2D eigenvalue weighted by atomic mass is 10.1. The summed E-state index contributed by atoms with van der Waals surface area (Å²) in [6.45, 7) is 7.45. The summed E-state index contributed by atoms with van der Waals surface area (Å²) >= 11 is 0. The zero-order chi connectivity index (χ0) is 24.6. The minimum atomic E-state index is -0.495. The van der Waals surface area contributed by atoms with Gasteiger partial charge in [0.2, 0.25) is 0 Å². The second kappa shape index (κ2) is 11.6. The lowest BCUT2D eigenvalue weighted by molar-refractivity contribution is -0.155. The van der Waals surface area contributed by atoms with Crippen molar-refractivity contribution < 1.29 is 14.3 Å². The molecule has 0 aliphatic rings. The molecule has 0 saturated carbocycles. The van der Waals surface area contributed by atoms with Crippen LogP contribution in [0.3, 0.4) is 0 Å². The lowest BCUT2D eigenvalue weighted by Gasteiger charge is -2.24. The molecule has 0 fully saturated rings. The summed E-state index contributed by atoms with van der Waals surface area (Å²) in [6.07, 6.45) is 0. The number of ether oxygens (including phenoxy) is 1. The molecule has 0 bridgehead atoms. The quantitative estimate of drug-likeness (QED) is 0.408. The molecule has 0 aromatic heterocycles. The molecule has 0 N–H and O–H groups in total. The van der Waals surface area contributed by atoms with Gasteiger partial charge in [0, 0.05) is 25.2 Å². The fourth-order valence-corrected chi connectivity index (χ4v) is 3.70. The summed E-state index contributed by atoms with van der Waals surface area (Å²) in [4.78, 5) is 29.3. The second-order valence-corrected chi connectivity index (χ2v) is 9.59. The molecule has 1 amide bonds. The summed E-state index contributed by atoms with van der Waals surface area (Å²) in [5, 5.41) is 0. The van der Waals surface area contributed by atoms with Crippen LogP contribution in [0.4, 0.5) is 0 Å². The van der Waals surface area contributed by atoms with E-state index in [2.05, 4.69) is 0 Å². The van der Waals surface area contributed by atoms with Crippen molar-refractivity contribution in [1.29, 1.82) is 0 Å². The summed E-state index contributed by atoms with van der Waals surface area (Å²) in [5.41, 5.74) is 3.36. The summed E-state index contributed by atoms with van der Waals surface area (Å²) < 4.78 is 5.39. The first-order valence-electron chi connectivity index (χ1n) is 11.6. The Balaban J connectivity index is 1.67. The third-order valence-corrected chi connectivity index (χ3v) is 5.19. The Morgan fingerprint density at radius 1 is 0.706 bits per heavy atom. The zero-order valence-electron chi connectivity index (χ0n) is 20.5. The van der Waals surface area contributed by atoms with Crippen molar-refractivity contribution in [3.63, 3.8) is 0 Å². The smallest absolute Gasteiger partial charge is 0.320 e. The molecule has 3 aromatic rings. The molecule has 0 unspecified atom stereocenters. The summed E-state index contributed by atoms with van der Waals surface area (Å²) in [5.74, 6) is -0.263. The molecule has 5 heteroatoms. The van der Waals surface area contributed by atoms with E-state index in [4.69, 9.17) is 4.74 Å². The summed E-state index contributed by atoms with van der Waals surface area (Å²) in [7, 11) is 1.88. The first-order valence-corrected chi connectivity index (χ1v) is 11.6. The fourth-order valence-electron chi connectivity index (χ4n) is 3.70. The molecule has 0 heterocycles. The van der Waals surface area contributed by atoms with E-state index >= 15 is 0 Å². The highest BCUT2D eigenvalue weighted by molar-refractivity contribution is 5.94. The molecule has 0 spiro atoms. The number of carbonyl (C=O) groups excluding carboxylic acids is 2. The van der Waals surface area contributed by atoms with Crippen molar-refractivity contribution >= 4 is 11.9 Å². The predicted octanol–water partition coefficient (Wildman–Crippen LogP) is 5.30. The molecule has 3 aromatic carbocycles. The normalized spacial score (nSPS) is 11.3. The number of esters is 1. The SMILES string of the molecule is CN(CC(=O)OC(C)(C)C)Cc1ccc(C(=O)N(Cc2ccccc2)Cc2ccccc2)cc1. The maximum absolute atomic E-state index is 13.4. The van der Waals surface area contributed by atoms with Gasteiger partial charge in [0.1, 0.15) is 5.60 Å². The summed E-state index contributed by atoms with van der Waals surface area (Å²) in [6, 6.07) is 27.7. The standard InChI is InChI=1S/C29H34N2O3/c1-29(2,3)34-27(32)22-30(4)19-25-15-17-26(18-16-25)28(33)31(20-23-11-7-5-8-12-23)21-24-13-9-6-10-14-24/h5-18H,19-22H2,1-4H3. The van der Waals surface area contributed by atoms with Crippen molar-refractivity contribution in [2.24, 2.45) is 0 Å². The van der Waals surface area contributed by atoms with Gasteiger partial charge < -0.3 is 9.64 Å². The van der Waals surface area contributed by atoms with Crippen LogP contribution < -0.4 is 0 Å². The highest BCUT2D eigenvalue weighted by Crippen LogP contribution is 2.16. The molecular weight excluding hydrogens is 424 g/mol. The second-order valence-electron chi connectivity index (χ2n) is 9.59. The third kappa shape index (κ3) is 8.16. The third-order valence-electron chi connectivity index (χ3n) is 5.19. The number of carbonyl (C=O) groups is 2. The number of rotatable bonds is 9. The monoisotopic (exact) mass is 458 g/mol. The minimum absolute atomic E-state index is 0.0126. The Morgan fingerprint density at radius 3 is 1.65 bits per heavy atom. The van der Waals surface area contributed by atoms with Crippen molar-refractivity contribution in [2.75, 3.05) is 13.6 Å². The van der Waals surface area contributed by atoms with Crippen molar-refractivity contribution in [3.8, 4) is 0 Å². The van der Waals surface area contributed by atoms with Crippen LogP contribution in [0.5, 0.6) is 0 Å². The maximum Gasteiger partial charge on any atom is 0.320 e. The number of amides is 1. The predicted molar refractivity (Wildman–Crippen MR) is 135 cm³/mol. The number of hydrogen-bond acceptors (Lipinski definition) is 4. The van der Waals surface area contributed by atoms with Crippen LogP contribution in [0.25, 0.3) is 0 Å². The number of nitrogens with zero attached hydrogens (tertiary/aromatic N) is 2. The molecule has 0 aliphatic carbocycles. The molecule has 0 saturated heterocycles. The lowest BCUT2D eigenvalue weighted by Crippen LogP contribution is -2.32. The van der Waals surface area contributed by atoms with Gasteiger partial charge in [-0.2, -0.15) is 0 Å². The highest BCUT2D eigenvalue weighted by atomic mass is 16.6. The van der Waals surface area contributed by atoms with Gasteiger partial charge in [-0.25, -0.2) is 0 Å². The fraction of sp³-hybridized carbons (Fsp3) is 0.310. The van der Waals surface area contributed by atoms with Gasteiger partial charge in [0.05, 0.1) is 6.54 Å². The Morgan fingerprint density at radius 2 is 1.18 bits per heavy atom. The van der Waals surface area contributed by atoms with E-state index in [0.717, 1.165) is 16.7 Å². The Hall–Kier alpha value is -3.44. The van der Waals surface area contributed by atoms with Crippen LogP contribution in [0, 0.1) is 0 Å². The van der Waals surface area contributed by atoms with Gasteiger partial charge in [-0.1, -0.05) is 72.8 Å². The largest absolute Gasteiger partial charge is 0.459 e. The van der Waals surface area contributed by atoms with Gasteiger partial charge in [-0.15, -0.1) is 0 Å². The van der Waals surface area contributed by atoms with Crippen molar-refractivity contribution in [3.05, 3.63) is 107 Å². The Kier molecular flexibility index (Phi) is 8.61. The average molecular weight is 459 g/mol. The topological polar surface area (TPSA) is 49.9 Å². The van der Waals surface area contributed by atoms with E-state index in [-0.39, 0.29) is 18.4 Å². The molecule has 3 rings (SSSR count). The van der Waals surface area contributed by atoms with Crippen LogP contribution in [0.1, 0.15) is 47.8 Å². The van der Waals surface area contributed by atoms with Crippen LogP contribution in [-0.4, -0.2) is 40.9 Å². The number of hydrogen-bond donors (Lipinski definition) is 0. The molecule has 0 radical (unpaired) electrons. The first-order chi connectivity index (χ1) is 16.2. The zero-order valence-corrected chi connectivity index (χ0v) is 20.5. The van der Waals surface area contributed by atoms with Crippen LogP contribution in [-0.2, 0) is 29.2 Å². The number of likely N-dealkylation sites (N-methyl/N-ethyl adjacent to an activating group) is 1. The van der Waals surface area contributed by atoms with Gasteiger partial charge >= 0.3 is 5.97 Å². The van der Waals surface area contributed by atoms with Crippen LogP contribution in [0.15, 0.2) is 84.9 Å². The molecule has 5 nitrogen and oxygen atoms in total. The van der Waals surface area contributed by atoms with Crippen molar-refractivity contribution in [2.45, 2.75) is 46.0 Å². The minimum Gasteiger partial charge on any atom is -0.459 e. The molecule has 34 heavy (non-hydrogen) atoms. The van der Waals surface area contributed by atoms with E-state index in [0.29, 0.717) is 25.2 Å². The molecular formula is C29H34N2O3. The molecule has 178 valence electrons. The van der Waals surface area contributed by atoms with Crippen LogP contribution >= 0.6 is 0 Å². The first kappa shape index (κ1) is 25.2. The van der Waals surface area contributed by atoms with E-state index in [1.54, 1.807) is 0 Å². The van der Waals surface area contributed by atoms with E-state index < -0.39 is 5.60 Å². The van der Waals surface area contributed by atoms with Crippen molar-refractivity contribution in [1.82, 2.24) is 9.80 Å². The Bertz CT molecular complexity index is 1020. The average Bonchev–Trinajstić information content (AvgIpc) is 2.78. The van der Waals surface area contributed by atoms with Crippen LogP contribution in [0.2, 0.25) is 0 Å². The number of benzene rings is 3. The molecule has 0 aliphatic heterocycles. The molecule has 0 atom stereocenters. The Labute approximate surface area is 203 Å². The van der Waals surface area contributed by atoms with E-state index in [1.807, 2.05) is 123 Å².